The van der Waals surface area contributed by atoms with Gasteiger partial charge in [0.15, 0.2) is 0 Å². The molecule has 1 nitrogen and oxygen atoms in total. The maximum absolute atomic E-state index is 13.0. The molecule has 0 radical (unpaired) electrons. The van der Waals surface area contributed by atoms with Gasteiger partial charge in [-0.2, -0.15) is 13.2 Å². The number of nitrogens with zero attached hydrogens (tertiary/aromatic N) is 1. The first kappa shape index (κ1) is 17.2. The van der Waals surface area contributed by atoms with Crippen LogP contribution in [0.4, 0.5) is 13.2 Å². The maximum atomic E-state index is 13.0. The summed E-state index contributed by atoms with van der Waals surface area (Å²) in [5.41, 5.74) is 1.97. The highest BCUT2D eigenvalue weighted by Gasteiger charge is 2.30. The quantitative estimate of drug-likeness (QED) is 0.480. The highest BCUT2D eigenvalue weighted by Crippen LogP contribution is 2.33. The van der Waals surface area contributed by atoms with Gasteiger partial charge in [0.2, 0.25) is 0 Å². The van der Waals surface area contributed by atoms with Crippen molar-refractivity contribution in [3.8, 4) is 11.1 Å². The standard InChI is InChI=1S/C22H22F3N/c23-22(24,25)20-8-4-7-17(14-20)18-9-10-21-19(13-18)11-12-26(21)15-16-5-2-1-3-6-16/h4,7-14,16H,1-3,5-6,15H2. The lowest BCUT2D eigenvalue weighted by Gasteiger charge is -2.22. The fourth-order valence-corrected chi connectivity index (χ4v) is 4.06. The number of hydrogen-bond donors (Lipinski definition) is 0. The Morgan fingerprint density at radius 3 is 2.42 bits per heavy atom. The van der Waals surface area contributed by atoms with E-state index in [9.17, 15) is 13.2 Å². The highest BCUT2D eigenvalue weighted by atomic mass is 19.4. The molecule has 0 bridgehead atoms. The molecule has 1 heterocycles. The molecular formula is C22H22F3N. The predicted octanol–water partition coefficient (Wildman–Crippen LogP) is 6.91. The van der Waals surface area contributed by atoms with Crippen molar-refractivity contribution >= 4 is 10.9 Å². The number of benzene rings is 2. The third-order valence-electron chi connectivity index (χ3n) is 5.47. The van der Waals surface area contributed by atoms with Crippen molar-refractivity contribution in [3.63, 3.8) is 0 Å². The monoisotopic (exact) mass is 357 g/mol. The number of hydrogen-bond acceptors (Lipinski definition) is 0. The van der Waals surface area contributed by atoms with Gasteiger partial charge in [0, 0.05) is 23.6 Å². The van der Waals surface area contributed by atoms with Crippen LogP contribution in [0.15, 0.2) is 54.7 Å². The molecule has 3 aromatic rings. The molecule has 0 spiro atoms. The van der Waals surface area contributed by atoms with Gasteiger partial charge in [-0.1, -0.05) is 37.5 Å². The van der Waals surface area contributed by atoms with Crippen LogP contribution in [0.1, 0.15) is 37.7 Å². The molecule has 0 atom stereocenters. The van der Waals surface area contributed by atoms with Gasteiger partial charge in [0.25, 0.3) is 0 Å². The SMILES string of the molecule is FC(F)(F)c1cccc(-c2ccc3c(ccn3CC3CCCCC3)c2)c1. The molecule has 1 aliphatic carbocycles. The fraction of sp³-hybridized carbons (Fsp3) is 0.364. The Balaban J connectivity index is 1.62. The largest absolute Gasteiger partial charge is 0.416 e. The summed E-state index contributed by atoms with van der Waals surface area (Å²) in [7, 11) is 0. The molecule has 1 aliphatic rings. The van der Waals surface area contributed by atoms with Crippen LogP contribution in [0.2, 0.25) is 0 Å². The zero-order valence-electron chi connectivity index (χ0n) is 14.6. The number of halogens is 3. The van der Waals surface area contributed by atoms with Crippen LogP contribution < -0.4 is 0 Å². The molecule has 4 heteroatoms. The third-order valence-corrected chi connectivity index (χ3v) is 5.47. The van der Waals surface area contributed by atoms with Gasteiger partial charge in [-0.25, -0.2) is 0 Å². The Labute approximate surface area is 151 Å². The first-order chi connectivity index (χ1) is 12.5. The lowest BCUT2D eigenvalue weighted by molar-refractivity contribution is -0.137. The molecule has 1 fully saturated rings. The summed E-state index contributed by atoms with van der Waals surface area (Å²) in [5, 5.41) is 1.08. The minimum absolute atomic E-state index is 0.599. The van der Waals surface area contributed by atoms with Gasteiger partial charge in [-0.15, -0.1) is 0 Å². The van der Waals surface area contributed by atoms with Crippen LogP contribution in [0.3, 0.4) is 0 Å². The van der Waals surface area contributed by atoms with E-state index in [4.69, 9.17) is 0 Å². The second-order valence-electron chi connectivity index (χ2n) is 7.32. The summed E-state index contributed by atoms with van der Waals surface area (Å²) in [6.45, 7) is 1.03. The van der Waals surface area contributed by atoms with Crippen molar-refractivity contribution < 1.29 is 13.2 Å². The second kappa shape index (κ2) is 6.82. The molecule has 26 heavy (non-hydrogen) atoms. The molecule has 0 N–H and O–H groups in total. The molecule has 0 aliphatic heterocycles. The van der Waals surface area contributed by atoms with Crippen molar-refractivity contribution in [2.45, 2.75) is 44.8 Å². The van der Waals surface area contributed by atoms with Crippen molar-refractivity contribution in [1.82, 2.24) is 4.57 Å². The normalized spacial score (nSPS) is 16.3. The third kappa shape index (κ3) is 3.50. The maximum Gasteiger partial charge on any atom is 0.416 e. The molecule has 1 saturated carbocycles. The van der Waals surface area contributed by atoms with E-state index in [1.165, 1.54) is 44.2 Å². The molecular weight excluding hydrogens is 335 g/mol. The number of aromatic nitrogens is 1. The summed E-state index contributed by atoms with van der Waals surface area (Å²) in [6, 6.07) is 13.6. The van der Waals surface area contributed by atoms with E-state index in [1.807, 2.05) is 18.2 Å². The van der Waals surface area contributed by atoms with Crippen LogP contribution >= 0.6 is 0 Å². The lowest BCUT2D eigenvalue weighted by Crippen LogP contribution is -2.13. The van der Waals surface area contributed by atoms with Gasteiger partial charge in [0.1, 0.15) is 0 Å². The molecule has 0 saturated heterocycles. The summed E-state index contributed by atoms with van der Waals surface area (Å²) in [5.74, 6) is 0.738. The summed E-state index contributed by atoms with van der Waals surface area (Å²) in [4.78, 5) is 0. The number of alkyl halides is 3. The molecule has 1 aromatic heterocycles. The smallest absolute Gasteiger partial charge is 0.347 e. The van der Waals surface area contributed by atoms with E-state index in [2.05, 4.69) is 16.8 Å². The van der Waals surface area contributed by atoms with Gasteiger partial charge < -0.3 is 4.57 Å². The van der Waals surface area contributed by atoms with E-state index in [0.717, 1.165) is 35.0 Å². The van der Waals surface area contributed by atoms with Crippen LogP contribution in [-0.4, -0.2) is 4.57 Å². The van der Waals surface area contributed by atoms with Crippen LogP contribution in [0.25, 0.3) is 22.0 Å². The average Bonchev–Trinajstić information content (AvgIpc) is 3.04. The molecule has 136 valence electrons. The van der Waals surface area contributed by atoms with E-state index < -0.39 is 11.7 Å². The zero-order valence-corrected chi connectivity index (χ0v) is 14.6. The second-order valence-corrected chi connectivity index (χ2v) is 7.32. The van der Waals surface area contributed by atoms with E-state index in [0.29, 0.717) is 5.56 Å². The van der Waals surface area contributed by atoms with Crippen LogP contribution in [0.5, 0.6) is 0 Å². The van der Waals surface area contributed by atoms with Crippen LogP contribution in [0, 0.1) is 5.92 Å². The van der Waals surface area contributed by atoms with E-state index in [1.54, 1.807) is 6.07 Å². The Morgan fingerprint density at radius 1 is 0.885 bits per heavy atom. The van der Waals surface area contributed by atoms with E-state index in [-0.39, 0.29) is 0 Å². The van der Waals surface area contributed by atoms with Gasteiger partial charge in [0.05, 0.1) is 5.56 Å². The first-order valence-corrected chi connectivity index (χ1v) is 9.27. The first-order valence-electron chi connectivity index (χ1n) is 9.27. The Morgan fingerprint density at radius 2 is 1.65 bits per heavy atom. The Hall–Kier alpha value is -2.23. The van der Waals surface area contributed by atoms with Crippen molar-refractivity contribution in [2.75, 3.05) is 0 Å². The van der Waals surface area contributed by atoms with Crippen LogP contribution in [-0.2, 0) is 12.7 Å². The number of fused-ring (bicyclic) bond motifs is 1. The van der Waals surface area contributed by atoms with E-state index >= 15 is 0 Å². The highest BCUT2D eigenvalue weighted by molar-refractivity contribution is 5.85. The van der Waals surface area contributed by atoms with Gasteiger partial charge in [-0.3, -0.25) is 0 Å². The Kier molecular flexibility index (Phi) is 4.51. The van der Waals surface area contributed by atoms with Crippen molar-refractivity contribution in [3.05, 3.63) is 60.3 Å². The van der Waals surface area contributed by atoms with Gasteiger partial charge in [-0.05, 0) is 60.2 Å². The summed E-state index contributed by atoms with van der Waals surface area (Å²) < 4.78 is 41.2. The topological polar surface area (TPSA) is 4.93 Å². The molecule has 4 rings (SSSR count). The zero-order chi connectivity index (χ0) is 18.1. The Bertz CT molecular complexity index is 901. The molecule has 2 aromatic carbocycles. The average molecular weight is 357 g/mol. The molecule has 0 unspecified atom stereocenters. The van der Waals surface area contributed by atoms with Crippen molar-refractivity contribution in [2.24, 2.45) is 5.92 Å². The predicted molar refractivity (Wildman–Crippen MR) is 99.0 cm³/mol. The minimum Gasteiger partial charge on any atom is -0.347 e. The van der Waals surface area contributed by atoms with Gasteiger partial charge >= 0.3 is 6.18 Å². The lowest BCUT2D eigenvalue weighted by atomic mass is 9.89. The fourth-order valence-electron chi connectivity index (χ4n) is 4.06. The minimum atomic E-state index is -4.32. The van der Waals surface area contributed by atoms with Crippen molar-refractivity contribution in [1.29, 1.82) is 0 Å². The summed E-state index contributed by atoms with van der Waals surface area (Å²) >= 11 is 0. The molecule has 0 amide bonds. The summed E-state index contributed by atoms with van der Waals surface area (Å²) in [6.07, 6.45) is 4.37. The number of rotatable bonds is 3.